The quantitative estimate of drug-likeness (QED) is 0.128. The summed E-state index contributed by atoms with van der Waals surface area (Å²) >= 11 is 3.25. The van der Waals surface area contributed by atoms with E-state index in [1.54, 1.807) is 0 Å². The fraction of sp³-hybridized carbons (Fsp3) is 1.00. The van der Waals surface area contributed by atoms with Crippen LogP contribution in [-0.4, -0.2) is 123 Å². The molecule has 0 atom stereocenters. The first-order valence-electron chi connectivity index (χ1n) is 7.10. The molecule has 0 aliphatic rings. The zero-order chi connectivity index (χ0) is 30.2. The molecule has 0 fully saturated rings. The molecule has 0 saturated heterocycles. The van der Waals surface area contributed by atoms with Gasteiger partial charge in [-0.1, -0.05) is 0 Å². The third-order valence-electron chi connectivity index (χ3n) is 3.61. The average Bonchev–Trinajstić information content (AvgIpc) is 2.57. The van der Waals surface area contributed by atoms with Crippen molar-refractivity contribution in [2.24, 2.45) is 0 Å². The Kier molecular flexibility index (Phi) is 10.7. The number of halogens is 21. The standard InChI is InChI=1S/C10HClF20O4S.K/c11-7(24,25)5(20,21)3(16,17)1(12,13)2(14,15)4(18,19)6(22,23)8(26,27)35-9(28,29)10(30,31)36(32,33)34;/h(H,32,33,34);. The van der Waals surface area contributed by atoms with Crippen LogP contribution in [0.5, 0.6) is 0 Å². The molecule has 4 nitrogen and oxygen atoms in total. The van der Waals surface area contributed by atoms with Crippen molar-refractivity contribution in [3.8, 4) is 0 Å². The van der Waals surface area contributed by atoms with Crippen LogP contribution in [0.2, 0.25) is 0 Å². The predicted molar refractivity (Wildman–Crippen MR) is 73.7 cm³/mol. The average molecular weight is 672 g/mol. The number of alkyl halides is 21. The van der Waals surface area contributed by atoms with Gasteiger partial charge in [0.1, 0.15) is 0 Å². The summed E-state index contributed by atoms with van der Waals surface area (Å²) in [6, 6.07) is 0. The summed E-state index contributed by atoms with van der Waals surface area (Å²) in [4.78, 5) is 0. The number of rotatable bonds is 11. The van der Waals surface area contributed by atoms with Crippen LogP contribution < -0.4 is 0 Å². The Morgan fingerprint density at radius 2 is 0.730 bits per heavy atom. The minimum absolute atomic E-state index is 0. The zero-order valence-electron chi connectivity index (χ0n) is 16.0. The summed E-state index contributed by atoms with van der Waals surface area (Å²) in [7, 11) is -7.72. The van der Waals surface area contributed by atoms with Gasteiger partial charge in [0.25, 0.3) is 0 Å². The van der Waals surface area contributed by atoms with Gasteiger partial charge in [-0.2, -0.15) is 96.2 Å². The van der Waals surface area contributed by atoms with Crippen LogP contribution >= 0.6 is 11.6 Å². The molecule has 37 heavy (non-hydrogen) atoms. The molecule has 0 spiro atoms. The summed E-state index contributed by atoms with van der Waals surface area (Å²) in [5, 5.41) is -14.6. The molecule has 1 N–H and O–H groups in total. The summed E-state index contributed by atoms with van der Waals surface area (Å²) in [6.07, 6.45) is -16.3. The second-order valence-electron chi connectivity index (χ2n) is 6.07. The number of ether oxygens (including phenoxy) is 1. The molecule has 1 radical (unpaired) electrons. The Hall–Kier alpha value is 0.396. The Morgan fingerprint density at radius 1 is 0.486 bits per heavy atom. The Bertz CT molecular complexity index is 943. The number of hydrogen-bond acceptors (Lipinski definition) is 3. The summed E-state index contributed by atoms with van der Waals surface area (Å²) in [5.74, 6) is -52.8. The first-order valence-corrected chi connectivity index (χ1v) is 8.91. The Labute approximate surface area is 235 Å². The summed E-state index contributed by atoms with van der Waals surface area (Å²) in [6.45, 7) is 0. The Balaban J connectivity index is 0. The van der Waals surface area contributed by atoms with Gasteiger partial charge in [0.2, 0.25) is 0 Å². The molecule has 0 unspecified atom stereocenters. The van der Waals surface area contributed by atoms with E-state index >= 15 is 0 Å². The van der Waals surface area contributed by atoms with Crippen LogP contribution in [0.4, 0.5) is 87.8 Å². The molecule has 0 bridgehead atoms. The molecule has 0 aliphatic carbocycles. The summed E-state index contributed by atoms with van der Waals surface area (Å²) < 4.78 is 289. The maximum Gasteiger partial charge on any atom is 0.460 e. The monoisotopic (exact) mass is 671 g/mol. The van der Waals surface area contributed by atoms with Crippen LogP contribution in [0.15, 0.2) is 0 Å². The number of hydrogen-bond donors (Lipinski definition) is 1. The molecule has 0 aliphatic heterocycles. The molecule has 0 heterocycles. The van der Waals surface area contributed by atoms with Gasteiger partial charge in [0, 0.05) is 51.4 Å². The largest absolute Gasteiger partial charge is 0.460 e. The molecule has 0 aromatic heterocycles. The van der Waals surface area contributed by atoms with Gasteiger partial charge >= 0.3 is 68.5 Å². The van der Waals surface area contributed by atoms with Crippen molar-refractivity contribution >= 4 is 73.1 Å². The minimum Gasteiger partial charge on any atom is -0.281 e. The maximum absolute atomic E-state index is 13.4. The van der Waals surface area contributed by atoms with E-state index in [1.165, 1.54) is 0 Å². The smallest absolute Gasteiger partial charge is 0.281 e. The van der Waals surface area contributed by atoms with E-state index in [-0.39, 0.29) is 51.4 Å². The van der Waals surface area contributed by atoms with Crippen molar-refractivity contribution in [1.82, 2.24) is 0 Å². The molecule has 219 valence electrons. The van der Waals surface area contributed by atoms with Crippen molar-refractivity contribution < 1.29 is 106 Å². The normalized spacial score (nSPS) is 16.5. The molecular weight excluding hydrogens is 671 g/mol. The van der Waals surface area contributed by atoms with E-state index in [1.807, 2.05) is 0 Å². The molecule has 0 saturated carbocycles. The molecule has 0 amide bonds. The third-order valence-corrected chi connectivity index (χ3v) is 4.74. The fourth-order valence-electron chi connectivity index (χ4n) is 1.58. The van der Waals surface area contributed by atoms with Crippen molar-refractivity contribution in [1.29, 1.82) is 0 Å². The van der Waals surface area contributed by atoms with Crippen LogP contribution in [0.1, 0.15) is 0 Å². The van der Waals surface area contributed by atoms with E-state index in [9.17, 15) is 96.2 Å². The van der Waals surface area contributed by atoms with Crippen molar-refractivity contribution in [3.63, 3.8) is 0 Å². The van der Waals surface area contributed by atoms with Gasteiger partial charge in [-0.05, 0) is 11.6 Å². The van der Waals surface area contributed by atoms with Gasteiger partial charge in [-0.15, -0.1) is 0 Å². The van der Waals surface area contributed by atoms with Gasteiger partial charge in [-0.25, -0.2) is 4.74 Å². The third kappa shape index (κ3) is 5.64. The van der Waals surface area contributed by atoms with Crippen molar-refractivity contribution in [2.45, 2.75) is 58.4 Å². The predicted octanol–water partition coefficient (Wildman–Crippen LogP) is 5.93. The van der Waals surface area contributed by atoms with E-state index in [0.717, 1.165) is 4.74 Å². The van der Waals surface area contributed by atoms with E-state index < -0.39 is 68.5 Å². The van der Waals surface area contributed by atoms with E-state index in [4.69, 9.17) is 4.55 Å². The fourth-order valence-corrected chi connectivity index (χ4v) is 2.04. The SMILES string of the molecule is O=S(=O)(O)C(F)(F)C(F)(F)OC(F)(F)C(F)(F)C(F)(F)C(F)(F)C(F)(F)C(F)(F)C(F)(F)C(F)(F)Cl.[K]. The second kappa shape index (κ2) is 10.0. The first kappa shape index (κ1) is 39.5. The van der Waals surface area contributed by atoms with Gasteiger partial charge in [0.05, 0.1) is 0 Å². The van der Waals surface area contributed by atoms with Crippen LogP contribution in [0.3, 0.4) is 0 Å². The molecule has 0 aromatic carbocycles. The van der Waals surface area contributed by atoms with Gasteiger partial charge in [0.15, 0.2) is 0 Å². The van der Waals surface area contributed by atoms with Gasteiger partial charge < -0.3 is 0 Å². The molecule has 27 heteroatoms. The topological polar surface area (TPSA) is 63.6 Å². The first-order chi connectivity index (χ1) is 15.0. The van der Waals surface area contributed by atoms with E-state index in [2.05, 4.69) is 11.6 Å². The molecule has 0 rings (SSSR count). The van der Waals surface area contributed by atoms with Crippen LogP contribution in [0.25, 0.3) is 0 Å². The van der Waals surface area contributed by atoms with Crippen molar-refractivity contribution in [2.75, 3.05) is 0 Å². The molecule has 0 aromatic rings. The van der Waals surface area contributed by atoms with E-state index in [0.29, 0.717) is 0 Å². The maximum atomic E-state index is 13.4. The summed E-state index contributed by atoms with van der Waals surface area (Å²) in [5.41, 5.74) is 0. The zero-order valence-corrected chi connectivity index (χ0v) is 20.7. The van der Waals surface area contributed by atoms with Crippen molar-refractivity contribution in [3.05, 3.63) is 0 Å². The Morgan fingerprint density at radius 3 is 0.973 bits per heavy atom. The minimum atomic E-state index is -9.12. The molecular formula is C10HClF20KO4S. The van der Waals surface area contributed by atoms with Gasteiger partial charge in [-0.3, -0.25) is 4.55 Å². The second-order valence-corrected chi connectivity index (χ2v) is 8.01. The van der Waals surface area contributed by atoms with Crippen LogP contribution in [-0.2, 0) is 14.9 Å². The van der Waals surface area contributed by atoms with Crippen LogP contribution in [0, 0.1) is 0 Å².